The minimum Gasteiger partial charge on any atom is -0.474 e. The summed E-state index contributed by atoms with van der Waals surface area (Å²) >= 11 is 0. The molecule has 1 heterocycles. The molecule has 3 nitrogen and oxygen atoms in total. The zero-order chi connectivity index (χ0) is 8.36. The summed E-state index contributed by atoms with van der Waals surface area (Å²) in [4.78, 5) is 0. The first-order valence-electron chi connectivity index (χ1n) is 3.44. The van der Waals surface area contributed by atoms with E-state index in [0.717, 1.165) is 26.4 Å². The molecule has 0 saturated carbocycles. The van der Waals surface area contributed by atoms with Crippen LogP contribution in [0.3, 0.4) is 0 Å². The first-order valence-corrected chi connectivity index (χ1v) is 3.44. The highest BCUT2D eigenvalue weighted by molar-refractivity contribution is 4.57. The van der Waals surface area contributed by atoms with Crippen LogP contribution < -0.4 is 0 Å². The van der Waals surface area contributed by atoms with Crippen molar-refractivity contribution in [1.29, 1.82) is 0 Å². The van der Waals surface area contributed by atoms with Crippen LogP contribution >= 0.6 is 0 Å². The van der Waals surface area contributed by atoms with Crippen LogP contribution in [-0.2, 0) is 14.2 Å². The molecule has 0 aromatic heterocycles. The summed E-state index contributed by atoms with van der Waals surface area (Å²) in [6.07, 6.45) is 2.62. The number of ether oxygens (including phenoxy) is 3. The standard InChI is InChI=1S/C4H8O2.C4H6O/c1-2-6-4-3-5-1;1-3-5-4-2/h1-4H2;3-4H,1-2H2. The number of hydrogen-bond acceptors (Lipinski definition) is 3. The van der Waals surface area contributed by atoms with Gasteiger partial charge in [0.1, 0.15) is 0 Å². The van der Waals surface area contributed by atoms with E-state index in [4.69, 9.17) is 9.47 Å². The molecule has 1 aliphatic heterocycles. The highest BCUT2D eigenvalue weighted by atomic mass is 16.6. The molecule has 0 radical (unpaired) electrons. The van der Waals surface area contributed by atoms with Crippen molar-refractivity contribution in [3.05, 3.63) is 25.7 Å². The molecule has 64 valence electrons. The number of rotatable bonds is 2. The molecule has 3 heteroatoms. The molecule has 1 saturated heterocycles. The monoisotopic (exact) mass is 158 g/mol. The lowest BCUT2D eigenvalue weighted by molar-refractivity contribution is -0.0334. The second-order valence-electron chi connectivity index (χ2n) is 1.69. The van der Waals surface area contributed by atoms with Gasteiger partial charge in [0.15, 0.2) is 0 Å². The predicted molar refractivity (Wildman–Crippen MR) is 43.1 cm³/mol. The van der Waals surface area contributed by atoms with Gasteiger partial charge in [0.05, 0.1) is 39.0 Å². The maximum atomic E-state index is 4.94. The summed E-state index contributed by atoms with van der Waals surface area (Å²) in [5, 5.41) is 0. The van der Waals surface area contributed by atoms with Gasteiger partial charge in [-0.05, 0) is 0 Å². The maximum absolute atomic E-state index is 4.94. The molecule has 0 aromatic carbocycles. The van der Waals surface area contributed by atoms with Crippen LogP contribution in [0.1, 0.15) is 0 Å². The minimum absolute atomic E-state index is 0.778. The van der Waals surface area contributed by atoms with E-state index >= 15 is 0 Å². The Bertz CT molecular complexity index is 80.0. The van der Waals surface area contributed by atoms with E-state index in [2.05, 4.69) is 17.9 Å². The lowest BCUT2D eigenvalue weighted by Crippen LogP contribution is -2.16. The van der Waals surface area contributed by atoms with Crippen molar-refractivity contribution in [2.75, 3.05) is 26.4 Å². The first-order chi connectivity index (χ1) is 5.41. The van der Waals surface area contributed by atoms with Crippen molar-refractivity contribution >= 4 is 0 Å². The molecule has 0 N–H and O–H groups in total. The van der Waals surface area contributed by atoms with E-state index in [-0.39, 0.29) is 0 Å². The van der Waals surface area contributed by atoms with Crippen molar-refractivity contribution in [1.82, 2.24) is 0 Å². The predicted octanol–water partition coefficient (Wildman–Crippen LogP) is 1.32. The lowest BCUT2D eigenvalue weighted by Gasteiger charge is -2.09. The molecule has 0 amide bonds. The van der Waals surface area contributed by atoms with Crippen LogP contribution in [-0.4, -0.2) is 26.4 Å². The van der Waals surface area contributed by atoms with Crippen molar-refractivity contribution < 1.29 is 14.2 Å². The maximum Gasteiger partial charge on any atom is 0.0829 e. The van der Waals surface area contributed by atoms with Crippen molar-refractivity contribution in [3.8, 4) is 0 Å². The van der Waals surface area contributed by atoms with E-state index in [0.29, 0.717) is 0 Å². The minimum atomic E-state index is 0.778. The fraction of sp³-hybridized carbons (Fsp3) is 0.500. The Morgan fingerprint density at radius 1 is 0.909 bits per heavy atom. The lowest BCUT2D eigenvalue weighted by atomic mass is 10.6. The molecule has 0 unspecified atom stereocenters. The average Bonchev–Trinajstić information content (AvgIpc) is 2.10. The van der Waals surface area contributed by atoms with Gasteiger partial charge in [-0.3, -0.25) is 0 Å². The number of hydrogen-bond donors (Lipinski definition) is 0. The van der Waals surface area contributed by atoms with Gasteiger partial charge in [-0.2, -0.15) is 0 Å². The van der Waals surface area contributed by atoms with E-state index in [9.17, 15) is 0 Å². The van der Waals surface area contributed by atoms with Crippen LogP contribution in [0.25, 0.3) is 0 Å². The summed E-state index contributed by atoms with van der Waals surface area (Å²) in [6.45, 7) is 9.62. The third kappa shape index (κ3) is 9.20. The van der Waals surface area contributed by atoms with E-state index in [1.807, 2.05) is 0 Å². The van der Waals surface area contributed by atoms with Crippen LogP contribution in [0, 0.1) is 0 Å². The van der Waals surface area contributed by atoms with Gasteiger partial charge in [-0.1, -0.05) is 13.2 Å². The molecule has 0 spiro atoms. The van der Waals surface area contributed by atoms with Crippen molar-refractivity contribution in [2.24, 2.45) is 0 Å². The fourth-order valence-corrected chi connectivity index (χ4v) is 0.508. The third-order valence-corrected chi connectivity index (χ3v) is 0.936. The smallest absolute Gasteiger partial charge is 0.0829 e. The van der Waals surface area contributed by atoms with Crippen LogP contribution in [0.15, 0.2) is 25.7 Å². The Balaban J connectivity index is 0.000000187. The Morgan fingerprint density at radius 3 is 1.36 bits per heavy atom. The van der Waals surface area contributed by atoms with E-state index in [1.165, 1.54) is 12.5 Å². The van der Waals surface area contributed by atoms with Crippen LogP contribution in [0.4, 0.5) is 0 Å². The average molecular weight is 158 g/mol. The molecule has 1 aliphatic rings. The summed E-state index contributed by atoms with van der Waals surface area (Å²) in [6, 6.07) is 0. The molecule has 0 aromatic rings. The third-order valence-electron chi connectivity index (χ3n) is 0.936. The van der Waals surface area contributed by atoms with Gasteiger partial charge in [0, 0.05) is 0 Å². The summed E-state index contributed by atoms with van der Waals surface area (Å²) in [5.41, 5.74) is 0. The molecule has 0 aliphatic carbocycles. The second kappa shape index (κ2) is 9.20. The fourth-order valence-electron chi connectivity index (χ4n) is 0.508. The second-order valence-corrected chi connectivity index (χ2v) is 1.69. The highest BCUT2D eigenvalue weighted by Crippen LogP contribution is 1.85. The Hall–Kier alpha value is -0.800. The topological polar surface area (TPSA) is 27.7 Å². The quantitative estimate of drug-likeness (QED) is 0.567. The highest BCUT2D eigenvalue weighted by Gasteiger charge is 1.94. The van der Waals surface area contributed by atoms with Crippen LogP contribution in [0.5, 0.6) is 0 Å². The molecule has 0 bridgehead atoms. The SMILES string of the molecule is C1COCCO1.C=COC=C. The van der Waals surface area contributed by atoms with Gasteiger partial charge in [0.25, 0.3) is 0 Å². The normalized spacial score (nSPS) is 15.6. The van der Waals surface area contributed by atoms with Gasteiger partial charge in [-0.15, -0.1) is 0 Å². The zero-order valence-electron chi connectivity index (χ0n) is 6.62. The largest absolute Gasteiger partial charge is 0.474 e. The molecular formula is C8H14O3. The van der Waals surface area contributed by atoms with E-state index in [1.54, 1.807) is 0 Å². The Morgan fingerprint density at radius 2 is 1.27 bits per heavy atom. The first kappa shape index (κ1) is 10.2. The van der Waals surface area contributed by atoms with Gasteiger partial charge >= 0.3 is 0 Å². The summed E-state index contributed by atoms with van der Waals surface area (Å²) < 4.78 is 14.2. The van der Waals surface area contributed by atoms with E-state index < -0.39 is 0 Å². The van der Waals surface area contributed by atoms with Crippen molar-refractivity contribution in [3.63, 3.8) is 0 Å². The summed E-state index contributed by atoms with van der Waals surface area (Å²) in [7, 11) is 0. The van der Waals surface area contributed by atoms with Gasteiger partial charge < -0.3 is 14.2 Å². The van der Waals surface area contributed by atoms with Gasteiger partial charge in [0.2, 0.25) is 0 Å². The molecule has 11 heavy (non-hydrogen) atoms. The zero-order valence-corrected chi connectivity index (χ0v) is 6.62. The van der Waals surface area contributed by atoms with Crippen molar-refractivity contribution in [2.45, 2.75) is 0 Å². The summed E-state index contributed by atoms with van der Waals surface area (Å²) in [5.74, 6) is 0. The van der Waals surface area contributed by atoms with Gasteiger partial charge in [-0.25, -0.2) is 0 Å². The molecule has 1 rings (SSSR count). The Labute approximate surface area is 67.3 Å². The molecular weight excluding hydrogens is 144 g/mol. The Kier molecular flexibility index (Phi) is 8.53. The van der Waals surface area contributed by atoms with Crippen LogP contribution in [0.2, 0.25) is 0 Å². The molecule has 0 atom stereocenters. The molecule has 1 fully saturated rings.